The highest BCUT2D eigenvalue weighted by atomic mass is 16.3. The molecule has 6 heteroatoms. The summed E-state index contributed by atoms with van der Waals surface area (Å²) in [6, 6.07) is 3.17. The highest BCUT2D eigenvalue weighted by Gasteiger charge is 2.24. The fourth-order valence-corrected chi connectivity index (χ4v) is 2.86. The lowest BCUT2D eigenvalue weighted by Crippen LogP contribution is -2.92. The molecule has 0 spiro atoms. The Bertz CT molecular complexity index is 481. The van der Waals surface area contributed by atoms with Crippen LogP contribution in [-0.2, 0) is 4.79 Å². The maximum absolute atomic E-state index is 12.1. The minimum atomic E-state index is -0.386. The molecule has 0 radical (unpaired) electrons. The summed E-state index contributed by atoms with van der Waals surface area (Å²) in [6.45, 7) is 3.74. The minimum Gasteiger partial charge on any atom is -0.463 e. The maximum atomic E-state index is 12.1. The number of nitrogens with two attached hydrogens (primary N) is 1. The molecule has 0 unspecified atom stereocenters. The van der Waals surface area contributed by atoms with Crippen LogP contribution in [-0.4, -0.2) is 24.0 Å². The molecule has 1 saturated carbocycles. The number of hydrogen-bond donors (Lipinski definition) is 3. The largest absolute Gasteiger partial charge is 0.463 e. The number of furan rings is 1. The van der Waals surface area contributed by atoms with Crippen molar-refractivity contribution in [3.63, 3.8) is 0 Å². The van der Waals surface area contributed by atoms with Crippen molar-refractivity contribution in [3.05, 3.63) is 24.2 Å². The van der Waals surface area contributed by atoms with Gasteiger partial charge in [-0.3, -0.25) is 10.1 Å². The highest BCUT2D eigenvalue weighted by molar-refractivity contribution is 5.96. The topological polar surface area (TPSA) is 88.0 Å². The summed E-state index contributed by atoms with van der Waals surface area (Å²) in [5, 5.41) is 7.19. The molecular formula is C16H26N3O3+. The summed E-state index contributed by atoms with van der Waals surface area (Å²) in [4.78, 5) is 23.9. The lowest BCUT2D eigenvalue weighted by molar-refractivity contribution is -0.711. The number of imide groups is 1. The Morgan fingerprint density at radius 2 is 2.00 bits per heavy atom. The van der Waals surface area contributed by atoms with Crippen molar-refractivity contribution < 1.29 is 19.3 Å². The van der Waals surface area contributed by atoms with Crippen LogP contribution in [0.1, 0.15) is 57.8 Å². The van der Waals surface area contributed by atoms with Crippen LogP contribution in [0.3, 0.4) is 0 Å². The SMILES string of the molecule is C[C@@H]([NH2+][C@H](C)c1ccco1)C(=O)NC(=O)NC1CCCCC1. The van der Waals surface area contributed by atoms with E-state index in [-0.39, 0.29) is 30.1 Å². The summed E-state index contributed by atoms with van der Waals surface area (Å²) < 4.78 is 5.32. The quantitative estimate of drug-likeness (QED) is 0.769. The van der Waals surface area contributed by atoms with E-state index >= 15 is 0 Å². The first-order chi connectivity index (χ1) is 10.6. The molecule has 1 aromatic rings. The molecule has 1 aliphatic rings. The highest BCUT2D eigenvalue weighted by Crippen LogP contribution is 2.17. The second kappa shape index (κ2) is 7.98. The third-order valence-electron chi connectivity index (χ3n) is 4.16. The Morgan fingerprint density at radius 1 is 1.27 bits per heavy atom. The number of carbonyl (C=O) groups excluding carboxylic acids is 2. The molecule has 0 saturated heterocycles. The van der Waals surface area contributed by atoms with E-state index < -0.39 is 0 Å². The van der Waals surface area contributed by atoms with Gasteiger partial charge in [0.1, 0.15) is 6.04 Å². The molecule has 2 atom stereocenters. The molecule has 3 amide bonds. The van der Waals surface area contributed by atoms with E-state index in [2.05, 4.69) is 10.6 Å². The van der Waals surface area contributed by atoms with E-state index in [0.29, 0.717) is 0 Å². The van der Waals surface area contributed by atoms with Gasteiger partial charge in [0.15, 0.2) is 11.8 Å². The summed E-state index contributed by atoms with van der Waals surface area (Å²) in [5.41, 5.74) is 0. The summed E-state index contributed by atoms with van der Waals surface area (Å²) in [5.74, 6) is 0.526. The fourth-order valence-electron chi connectivity index (χ4n) is 2.86. The molecule has 22 heavy (non-hydrogen) atoms. The summed E-state index contributed by atoms with van der Waals surface area (Å²) >= 11 is 0. The van der Waals surface area contributed by atoms with Crippen molar-refractivity contribution >= 4 is 11.9 Å². The Labute approximate surface area is 131 Å². The Hall–Kier alpha value is -1.82. The van der Waals surface area contributed by atoms with Gasteiger partial charge >= 0.3 is 6.03 Å². The zero-order valence-electron chi connectivity index (χ0n) is 13.3. The first-order valence-corrected chi connectivity index (χ1v) is 8.06. The van der Waals surface area contributed by atoms with Crippen LogP contribution in [0.25, 0.3) is 0 Å². The number of nitrogens with one attached hydrogen (secondary N) is 2. The number of hydrogen-bond acceptors (Lipinski definition) is 3. The standard InChI is InChI=1S/C16H25N3O3/c1-11(14-9-6-10-22-14)17-12(2)15(20)19-16(21)18-13-7-4-3-5-8-13/h6,9-13,17H,3-5,7-8H2,1-2H3,(H2,18,19,20,21)/p+1/t11-,12-/m1/s1. The van der Waals surface area contributed by atoms with Crippen LogP contribution in [0.5, 0.6) is 0 Å². The molecule has 4 N–H and O–H groups in total. The second-order valence-corrected chi connectivity index (χ2v) is 6.08. The number of quaternary nitrogens is 1. The lowest BCUT2D eigenvalue weighted by Gasteiger charge is -2.23. The molecule has 122 valence electrons. The van der Waals surface area contributed by atoms with Gasteiger partial charge in [-0.2, -0.15) is 0 Å². The fraction of sp³-hybridized carbons (Fsp3) is 0.625. The van der Waals surface area contributed by atoms with Crippen LogP contribution < -0.4 is 16.0 Å². The zero-order valence-corrected chi connectivity index (χ0v) is 13.3. The van der Waals surface area contributed by atoms with E-state index in [4.69, 9.17) is 4.42 Å². The average Bonchev–Trinajstić information content (AvgIpc) is 3.02. The molecule has 1 aromatic heterocycles. The third-order valence-corrected chi connectivity index (χ3v) is 4.16. The second-order valence-electron chi connectivity index (χ2n) is 6.08. The van der Waals surface area contributed by atoms with Gasteiger partial charge in [-0.15, -0.1) is 0 Å². The van der Waals surface area contributed by atoms with E-state index in [1.807, 2.05) is 24.4 Å². The van der Waals surface area contributed by atoms with Crippen molar-refractivity contribution in [3.8, 4) is 0 Å². The van der Waals surface area contributed by atoms with Gasteiger partial charge in [0.2, 0.25) is 0 Å². The predicted molar refractivity (Wildman–Crippen MR) is 82.1 cm³/mol. The van der Waals surface area contributed by atoms with Gasteiger partial charge in [-0.25, -0.2) is 4.79 Å². The number of rotatable bonds is 5. The molecule has 1 heterocycles. The van der Waals surface area contributed by atoms with Crippen LogP contribution >= 0.6 is 0 Å². The average molecular weight is 308 g/mol. The van der Waals surface area contributed by atoms with Crippen molar-refractivity contribution in [2.24, 2.45) is 0 Å². The van der Waals surface area contributed by atoms with Crippen molar-refractivity contribution in [2.45, 2.75) is 64.1 Å². The van der Waals surface area contributed by atoms with E-state index in [1.165, 1.54) is 6.42 Å². The van der Waals surface area contributed by atoms with E-state index in [0.717, 1.165) is 31.4 Å². The number of amides is 3. The molecule has 0 aliphatic heterocycles. The normalized spacial score (nSPS) is 18.5. The van der Waals surface area contributed by atoms with E-state index in [1.54, 1.807) is 13.2 Å². The number of carbonyl (C=O) groups is 2. The first-order valence-electron chi connectivity index (χ1n) is 8.06. The van der Waals surface area contributed by atoms with Crippen molar-refractivity contribution in [2.75, 3.05) is 0 Å². The van der Waals surface area contributed by atoms with Crippen LogP contribution in [0.15, 0.2) is 22.8 Å². The summed E-state index contributed by atoms with van der Waals surface area (Å²) in [6.07, 6.45) is 7.13. The molecule has 0 aromatic carbocycles. The summed E-state index contributed by atoms with van der Waals surface area (Å²) in [7, 11) is 0. The molecular weight excluding hydrogens is 282 g/mol. The predicted octanol–water partition coefficient (Wildman–Crippen LogP) is 1.45. The molecule has 6 nitrogen and oxygen atoms in total. The van der Waals surface area contributed by atoms with Gasteiger partial charge < -0.3 is 15.1 Å². The van der Waals surface area contributed by atoms with Crippen LogP contribution in [0, 0.1) is 0 Å². The third kappa shape index (κ3) is 4.87. The van der Waals surface area contributed by atoms with Gasteiger partial charge in [0, 0.05) is 6.04 Å². The van der Waals surface area contributed by atoms with Gasteiger partial charge in [0.25, 0.3) is 5.91 Å². The van der Waals surface area contributed by atoms with Gasteiger partial charge in [0.05, 0.1) is 6.26 Å². The Balaban J connectivity index is 1.74. The Morgan fingerprint density at radius 3 is 2.64 bits per heavy atom. The van der Waals surface area contributed by atoms with Crippen molar-refractivity contribution in [1.82, 2.24) is 10.6 Å². The van der Waals surface area contributed by atoms with E-state index in [9.17, 15) is 9.59 Å². The zero-order chi connectivity index (χ0) is 15.9. The molecule has 0 bridgehead atoms. The van der Waals surface area contributed by atoms with Gasteiger partial charge in [-0.1, -0.05) is 19.3 Å². The first kappa shape index (κ1) is 16.5. The molecule has 2 rings (SSSR count). The van der Waals surface area contributed by atoms with Gasteiger partial charge in [-0.05, 0) is 38.8 Å². The maximum Gasteiger partial charge on any atom is 0.321 e. The van der Waals surface area contributed by atoms with Crippen molar-refractivity contribution in [1.29, 1.82) is 0 Å². The molecule has 1 aliphatic carbocycles. The van der Waals surface area contributed by atoms with Crippen LogP contribution in [0.2, 0.25) is 0 Å². The monoisotopic (exact) mass is 308 g/mol. The lowest BCUT2D eigenvalue weighted by atomic mass is 9.96. The van der Waals surface area contributed by atoms with Crippen LogP contribution in [0.4, 0.5) is 4.79 Å². The number of urea groups is 1. The minimum absolute atomic E-state index is 0.0251. The smallest absolute Gasteiger partial charge is 0.321 e. The Kier molecular flexibility index (Phi) is 6.00. The molecule has 1 fully saturated rings.